The summed E-state index contributed by atoms with van der Waals surface area (Å²) in [7, 11) is 0. The fourth-order valence-electron chi connectivity index (χ4n) is 3.70. The third-order valence-corrected chi connectivity index (χ3v) is 6.30. The molecule has 8 heteroatoms. The Labute approximate surface area is 202 Å². The van der Waals surface area contributed by atoms with Crippen LogP contribution in [0.25, 0.3) is 21.8 Å². The minimum absolute atomic E-state index is 0.0797. The number of carbonyl (C=O) groups is 1. The molecule has 174 valence electrons. The number of thiazole rings is 1. The summed E-state index contributed by atoms with van der Waals surface area (Å²) in [4.78, 5) is 24.7. The lowest BCUT2D eigenvalue weighted by Crippen LogP contribution is -2.06. The number of carboxylic acids is 1. The number of nitrogens with zero attached hydrogens (tertiary/aromatic N) is 3. The molecule has 2 aromatic heterocycles. The summed E-state index contributed by atoms with van der Waals surface area (Å²) in [6.45, 7) is 4.38. The maximum absolute atomic E-state index is 11.4. The molecule has 0 saturated heterocycles. The van der Waals surface area contributed by atoms with Crippen molar-refractivity contribution in [3.05, 3.63) is 71.9 Å². The Morgan fingerprint density at radius 3 is 2.56 bits per heavy atom. The van der Waals surface area contributed by atoms with Crippen LogP contribution in [0.15, 0.2) is 66.3 Å². The molecule has 4 rings (SSSR count). The van der Waals surface area contributed by atoms with Crippen molar-refractivity contribution in [2.75, 3.05) is 11.9 Å². The van der Waals surface area contributed by atoms with E-state index >= 15 is 0 Å². The normalized spacial score (nSPS) is 11.7. The van der Waals surface area contributed by atoms with E-state index in [0.717, 1.165) is 39.5 Å². The van der Waals surface area contributed by atoms with E-state index in [4.69, 9.17) is 9.72 Å². The highest BCUT2D eigenvalue weighted by molar-refractivity contribution is 7.13. The fraction of sp³-hybridized carbons (Fsp3) is 0.231. The van der Waals surface area contributed by atoms with Crippen LogP contribution in [0.1, 0.15) is 38.2 Å². The van der Waals surface area contributed by atoms with Crippen molar-refractivity contribution >= 4 is 28.7 Å². The Morgan fingerprint density at radius 1 is 1.12 bits per heavy atom. The molecule has 1 unspecified atom stereocenters. The molecule has 2 heterocycles. The first-order chi connectivity index (χ1) is 16.6. The van der Waals surface area contributed by atoms with E-state index in [9.17, 15) is 9.90 Å². The van der Waals surface area contributed by atoms with Gasteiger partial charge in [0.1, 0.15) is 5.01 Å². The van der Waals surface area contributed by atoms with Gasteiger partial charge in [-0.3, -0.25) is 4.79 Å². The molecule has 2 aromatic carbocycles. The topological polar surface area (TPSA) is 97.2 Å². The predicted molar refractivity (Wildman–Crippen MR) is 135 cm³/mol. The molecule has 0 radical (unpaired) electrons. The zero-order valence-electron chi connectivity index (χ0n) is 19.1. The lowest BCUT2D eigenvalue weighted by atomic mass is 9.91. The number of nitrogens with one attached hydrogen (secondary N) is 1. The molecular formula is C26H26N4O3S. The number of hydrogen-bond donors (Lipinski definition) is 2. The van der Waals surface area contributed by atoms with Crippen LogP contribution in [-0.2, 0) is 4.79 Å². The first-order valence-electron chi connectivity index (χ1n) is 11.2. The highest BCUT2D eigenvalue weighted by Gasteiger charge is 2.18. The number of ether oxygens (including phenoxy) is 1. The molecule has 0 amide bonds. The summed E-state index contributed by atoms with van der Waals surface area (Å²) >= 11 is 1.59. The van der Waals surface area contributed by atoms with E-state index in [1.165, 1.54) is 0 Å². The summed E-state index contributed by atoms with van der Waals surface area (Å²) < 4.78 is 5.34. The number of aliphatic carboxylic acids is 1. The van der Waals surface area contributed by atoms with Gasteiger partial charge >= 0.3 is 12.0 Å². The summed E-state index contributed by atoms with van der Waals surface area (Å²) in [6, 6.07) is 16.4. The molecule has 0 aliphatic heterocycles. The molecule has 4 aromatic rings. The van der Waals surface area contributed by atoms with E-state index in [1.54, 1.807) is 23.7 Å². The molecule has 0 aliphatic rings. The summed E-state index contributed by atoms with van der Waals surface area (Å²) in [5, 5.41) is 15.7. The Morgan fingerprint density at radius 2 is 1.88 bits per heavy atom. The molecule has 7 nitrogen and oxygen atoms in total. The maximum Gasteiger partial charge on any atom is 0.316 e. The molecule has 0 bridgehead atoms. The number of aromatic nitrogens is 3. The van der Waals surface area contributed by atoms with Crippen molar-refractivity contribution in [1.82, 2.24) is 15.0 Å². The Bertz CT molecular complexity index is 1240. The van der Waals surface area contributed by atoms with Gasteiger partial charge in [0.15, 0.2) is 0 Å². The van der Waals surface area contributed by atoms with Crippen molar-refractivity contribution < 1.29 is 14.6 Å². The lowest BCUT2D eigenvalue weighted by Gasteiger charge is -2.17. The summed E-state index contributed by atoms with van der Waals surface area (Å²) in [5.41, 5.74) is 5.31. The Hall–Kier alpha value is -3.78. The average Bonchev–Trinajstić information content (AvgIpc) is 3.34. The second-order valence-corrected chi connectivity index (χ2v) is 8.58. The largest absolute Gasteiger partial charge is 0.481 e. The van der Waals surface area contributed by atoms with Crippen molar-refractivity contribution in [3.8, 4) is 27.8 Å². The maximum atomic E-state index is 11.4. The molecule has 34 heavy (non-hydrogen) atoms. The summed E-state index contributed by atoms with van der Waals surface area (Å²) in [5.74, 6) is -0.892. The Kier molecular flexibility index (Phi) is 7.49. The first kappa shape index (κ1) is 23.4. The van der Waals surface area contributed by atoms with Gasteiger partial charge in [0.25, 0.3) is 0 Å². The monoisotopic (exact) mass is 474 g/mol. The van der Waals surface area contributed by atoms with E-state index in [-0.39, 0.29) is 12.3 Å². The zero-order valence-corrected chi connectivity index (χ0v) is 19.9. The fourth-order valence-corrected chi connectivity index (χ4v) is 4.53. The second-order valence-electron chi connectivity index (χ2n) is 7.72. The lowest BCUT2D eigenvalue weighted by molar-refractivity contribution is -0.137. The van der Waals surface area contributed by atoms with Crippen LogP contribution in [-0.4, -0.2) is 32.6 Å². The quantitative estimate of drug-likeness (QED) is 0.275. The van der Waals surface area contributed by atoms with Gasteiger partial charge in [-0.05, 0) is 30.9 Å². The van der Waals surface area contributed by atoms with Crippen LogP contribution in [0.3, 0.4) is 0 Å². The van der Waals surface area contributed by atoms with Crippen LogP contribution in [0, 0.1) is 0 Å². The number of hydrogen-bond acceptors (Lipinski definition) is 7. The minimum Gasteiger partial charge on any atom is -0.481 e. The van der Waals surface area contributed by atoms with Gasteiger partial charge in [-0.25, -0.2) is 15.0 Å². The summed E-state index contributed by atoms with van der Waals surface area (Å²) in [6.07, 6.45) is 4.14. The van der Waals surface area contributed by atoms with Gasteiger partial charge < -0.3 is 15.2 Å². The number of rotatable bonds is 10. The Balaban J connectivity index is 1.71. The number of carboxylic acid groups (broad SMARTS) is 1. The molecule has 0 saturated carbocycles. The van der Waals surface area contributed by atoms with Crippen LogP contribution in [0.5, 0.6) is 6.01 Å². The standard InChI is InChI=1S/C26H26N4O3S/c1-3-17(13-24(31)32)19-10-11-21(23-16-34-25(30-23)18-8-6-5-7-9-18)22(12-19)29-20-14-27-26(28-15-20)33-4-2/h5-12,14-17,29H,3-4,13H2,1-2H3,(H,31,32). The average molecular weight is 475 g/mol. The third-order valence-electron chi connectivity index (χ3n) is 5.41. The van der Waals surface area contributed by atoms with Gasteiger partial charge in [0.05, 0.1) is 36.8 Å². The first-order valence-corrected chi connectivity index (χ1v) is 12.0. The minimum atomic E-state index is -0.808. The van der Waals surface area contributed by atoms with Crippen molar-refractivity contribution in [1.29, 1.82) is 0 Å². The molecule has 2 N–H and O–H groups in total. The van der Waals surface area contributed by atoms with Crippen LogP contribution in [0.2, 0.25) is 0 Å². The van der Waals surface area contributed by atoms with Gasteiger partial charge in [-0.1, -0.05) is 49.4 Å². The van der Waals surface area contributed by atoms with E-state index in [2.05, 4.69) is 15.3 Å². The number of benzene rings is 2. The number of anilines is 2. The molecule has 0 spiro atoms. The zero-order chi connectivity index (χ0) is 23.9. The van der Waals surface area contributed by atoms with Crippen LogP contribution >= 0.6 is 11.3 Å². The smallest absolute Gasteiger partial charge is 0.316 e. The molecule has 0 aliphatic carbocycles. The highest BCUT2D eigenvalue weighted by Crippen LogP contribution is 2.37. The third kappa shape index (κ3) is 5.58. The van der Waals surface area contributed by atoms with Crippen molar-refractivity contribution in [2.45, 2.75) is 32.6 Å². The van der Waals surface area contributed by atoms with Crippen LogP contribution in [0.4, 0.5) is 11.4 Å². The van der Waals surface area contributed by atoms with Crippen LogP contribution < -0.4 is 10.1 Å². The molecule has 1 atom stereocenters. The van der Waals surface area contributed by atoms with Gasteiger partial charge in [0, 0.05) is 22.2 Å². The van der Waals surface area contributed by atoms with Crippen molar-refractivity contribution in [3.63, 3.8) is 0 Å². The van der Waals surface area contributed by atoms with E-state index in [1.807, 2.05) is 67.8 Å². The van der Waals surface area contributed by atoms with Gasteiger partial charge in [-0.15, -0.1) is 11.3 Å². The SMILES string of the molecule is CCOc1ncc(Nc2cc(C(CC)CC(=O)O)ccc2-c2csc(-c3ccccc3)n2)cn1. The molecule has 0 fully saturated rings. The van der Waals surface area contributed by atoms with E-state index < -0.39 is 5.97 Å². The highest BCUT2D eigenvalue weighted by atomic mass is 32.1. The van der Waals surface area contributed by atoms with Gasteiger partial charge in [-0.2, -0.15) is 0 Å². The van der Waals surface area contributed by atoms with Gasteiger partial charge in [0.2, 0.25) is 0 Å². The second kappa shape index (κ2) is 10.9. The van der Waals surface area contributed by atoms with Crippen molar-refractivity contribution in [2.24, 2.45) is 0 Å². The molecular weight excluding hydrogens is 448 g/mol. The predicted octanol–water partition coefficient (Wildman–Crippen LogP) is 6.38. The van der Waals surface area contributed by atoms with E-state index in [0.29, 0.717) is 18.3 Å².